The molecule has 1 amide bonds. The molecule has 170 valence electrons. The summed E-state index contributed by atoms with van der Waals surface area (Å²) in [5, 5.41) is 7.38. The summed E-state index contributed by atoms with van der Waals surface area (Å²) in [6.45, 7) is 13.5. The number of rotatable bonds is 7. The van der Waals surface area contributed by atoms with Crippen LogP contribution in [0.1, 0.15) is 51.2 Å². The highest BCUT2D eigenvalue weighted by atomic mass is 127. The van der Waals surface area contributed by atoms with Crippen molar-refractivity contribution in [3.8, 4) is 0 Å². The standard InChI is InChI=1S/C20H35N7O2.HI/c1-4-21-20(22-8-7-17-23-19(16(2)3)24-29-17)27-13-11-25(12-14-27)15-18(28)26-9-5-6-10-26;/h16H,4-15H2,1-3H3,(H,21,22);1H. The van der Waals surface area contributed by atoms with Crippen LogP contribution in [-0.2, 0) is 11.2 Å². The second-order valence-electron chi connectivity index (χ2n) is 8.04. The van der Waals surface area contributed by atoms with Gasteiger partial charge in [0.25, 0.3) is 0 Å². The summed E-state index contributed by atoms with van der Waals surface area (Å²) < 4.78 is 5.30. The molecule has 0 radical (unpaired) electrons. The Morgan fingerprint density at radius 3 is 2.43 bits per heavy atom. The highest BCUT2D eigenvalue weighted by Gasteiger charge is 2.24. The fourth-order valence-corrected chi connectivity index (χ4v) is 3.66. The molecule has 0 aliphatic carbocycles. The monoisotopic (exact) mass is 533 g/mol. The number of nitrogens with one attached hydrogen (secondary N) is 1. The topological polar surface area (TPSA) is 90.1 Å². The van der Waals surface area contributed by atoms with Crippen molar-refractivity contribution >= 4 is 35.8 Å². The molecule has 0 bridgehead atoms. The van der Waals surface area contributed by atoms with Crippen LogP contribution in [0.2, 0.25) is 0 Å². The first-order chi connectivity index (χ1) is 14.1. The van der Waals surface area contributed by atoms with Crippen LogP contribution in [0.25, 0.3) is 0 Å². The van der Waals surface area contributed by atoms with E-state index in [1.165, 1.54) is 0 Å². The van der Waals surface area contributed by atoms with E-state index < -0.39 is 0 Å². The maximum absolute atomic E-state index is 12.4. The number of amides is 1. The van der Waals surface area contributed by atoms with Crippen LogP contribution in [0.15, 0.2) is 9.52 Å². The molecule has 10 heteroatoms. The smallest absolute Gasteiger partial charge is 0.236 e. The third kappa shape index (κ3) is 7.07. The molecule has 0 unspecified atom stereocenters. The molecule has 0 spiro atoms. The summed E-state index contributed by atoms with van der Waals surface area (Å²) in [6.07, 6.45) is 2.92. The van der Waals surface area contributed by atoms with E-state index in [0.717, 1.165) is 70.4 Å². The number of piperazine rings is 1. The van der Waals surface area contributed by atoms with Gasteiger partial charge >= 0.3 is 0 Å². The average molecular weight is 533 g/mol. The number of aliphatic imine (C=N–C) groups is 1. The molecule has 1 N–H and O–H groups in total. The first-order valence-electron chi connectivity index (χ1n) is 10.9. The van der Waals surface area contributed by atoms with E-state index in [9.17, 15) is 4.79 Å². The maximum atomic E-state index is 12.4. The number of guanidine groups is 1. The molecule has 3 heterocycles. The Morgan fingerprint density at radius 2 is 1.83 bits per heavy atom. The lowest BCUT2D eigenvalue weighted by atomic mass is 10.2. The average Bonchev–Trinajstić information content (AvgIpc) is 3.40. The van der Waals surface area contributed by atoms with Gasteiger partial charge in [0, 0.05) is 58.2 Å². The Bertz CT molecular complexity index is 680. The number of carbonyl (C=O) groups excluding carboxylic acids is 1. The van der Waals surface area contributed by atoms with Crippen molar-refractivity contribution in [3.63, 3.8) is 0 Å². The Kier molecular flexibility index (Phi) is 10.3. The molecule has 2 aliphatic heterocycles. The van der Waals surface area contributed by atoms with Gasteiger partial charge < -0.3 is 19.6 Å². The van der Waals surface area contributed by atoms with E-state index in [-0.39, 0.29) is 35.8 Å². The molecular weight excluding hydrogens is 497 g/mol. The molecule has 2 saturated heterocycles. The lowest BCUT2D eigenvalue weighted by Gasteiger charge is -2.36. The van der Waals surface area contributed by atoms with Gasteiger partial charge in [0.15, 0.2) is 11.8 Å². The van der Waals surface area contributed by atoms with Crippen molar-refractivity contribution in [1.29, 1.82) is 0 Å². The number of nitrogens with zero attached hydrogens (tertiary/aromatic N) is 6. The fraction of sp³-hybridized carbons (Fsp3) is 0.800. The van der Waals surface area contributed by atoms with Gasteiger partial charge in [-0.15, -0.1) is 24.0 Å². The largest absolute Gasteiger partial charge is 0.357 e. The zero-order valence-corrected chi connectivity index (χ0v) is 20.8. The Hall–Kier alpha value is -1.43. The van der Waals surface area contributed by atoms with E-state index in [0.29, 0.717) is 25.4 Å². The molecule has 30 heavy (non-hydrogen) atoms. The molecule has 0 saturated carbocycles. The van der Waals surface area contributed by atoms with Gasteiger partial charge in [-0.05, 0) is 19.8 Å². The maximum Gasteiger partial charge on any atom is 0.236 e. The number of halogens is 1. The molecule has 9 nitrogen and oxygen atoms in total. The number of likely N-dealkylation sites (tertiary alicyclic amines) is 1. The van der Waals surface area contributed by atoms with Crippen molar-refractivity contribution in [2.45, 2.75) is 46.0 Å². The normalized spacial score (nSPS) is 18.1. The number of carbonyl (C=O) groups is 1. The predicted octanol–water partition coefficient (Wildman–Crippen LogP) is 1.56. The van der Waals surface area contributed by atoms with E-state index >= 15 is 0 Å². The van der Waals surface area contributed by atoms with E-state index in [2.05, 4.69) is 46.0 Å². The molecule has 0 aromatic carbocycles. The molecule has 1 aromatic rings. The van der Waals surface area contributed by atoms with Gasteiger partial charge in [0.2, 0.25) is 11.8 Å². The summed E-state index contributed by atoms with van der Waals surface area (Å²) in [7, 11) is 0. The summed E-state index contributed by atoms with van der Waals surface area (Å²) in [5.74, 6) is 2.84. The summed E-state index contributed by atoms with van der Waals surface area (Å²) in [4.78, 5) is 28.1. The van der Waals surface area contributed by atoms with E-state index in [4.69, 9.17) is 9.52 Å². The second-order valence-corrected chi connectivity index (χ2v) is 8.04. The SMILES string of the molecule is CCNC(=NCCc1nc(C(C)C)no1)N1CCN(CC(=O)N2CCCC2)CC1.I. The Balaban J connectivity index is 0.00000320. The molecule has 2 aliphatic rings. The van der Waals surface area contributed by atoms with Crippen molar-refractivity contribution in [2.75, 3.05) is 58.9 Å². The highest BCUT2D eigenvalue weighted by Crippen LogP contribution is 2.11. The van der Waals surface area contributed by atoms with Crippen LogP contribution in [0.4, 0.5) is 0 Å². The molecule has 1 aromatic heterocycles. The van der Waals surface area contributed by atoms with Crippen LogP contribution in [0.3, 0.4) is 0 Å². The quantitative estimate of drug-likeness (QED) is 0.323. The number of aromatic nitrogens is 2. The van der Waals surface area contributed by atoms with Gasteiger partial charge in [-0.1, -0.05) is 19.0 Å². The number of hydrogen-bond donors (Lipinski definition) is 1. The van der Waals surface area contributed by atoms with Crippen LogP contribution in [0, 0.1) is 0 Å². The summed E-state index contributed by atoms with van der Waals surface area (Å²) in [5.41, 5.74) is 0. The van der Waals surface area contributed by atoms with Gasteiger partial charge in [0.05, 0.1) is 13.1 Å². The summed E-state index contributed by atoms with van der Waals surface area (Å²) in [6, 6.07) is 0. The zero-order valence-electron chi connectivity index (χ0n) is 18.5. The van der Waals surface area contributed by atoms with Crippen molar-refractivity contribution in [1.82, 2.24) is 30.2 Å². The third-order valence-corrected chi connectivity index (χ3v) is 5.41. The fourth-order valence-electron chi connectivity index (χ4n) is 3.66. The minimum atomic E-state index is 0. The lowest BCUT2D eigenvalue weighted by Crippen LogP contribution is -2.54. The van der Waals surface area contributed by atoms with Gasteiger partial charge in [-0.25, -0.2) is 0 Å². The van der Waals surface area contributed by atoms with Crippen LogP contribution in [0.5, 0.6) is 0 Å². The van der Waals surface area contributed by atoms with Crippen molar-refractivity contribution in [2.24, 2.45) is 4.99 Å². The Morgan fingerprint density at radius 1 is 1.13 bits per heavy atom. The van der Waals surface area contributed by atoms with E-state index in [1.807, 2.05) is 4.90 Å². The van der Waals surface area contributed by atoms with Gasteiger partial charge in [0.1, 0.15) is 0 Å². The van der Waals surface area contributed by atoms with Crippen LogP contribution < -0.4 is 5.32 Å². The van der Waals surface area contributed by atoms with Gasteiger partial charge in [-0.2, -0.15) is 4.98 Å². The van der Waals surface area contributed by atoms with E-state index in [1.54, 1.807) is 0 Å². The van der Waals surface area contributed by atoms with Crippen LogP contribution in [-0.4, -0.2) is 95.6 Å². The zero-order chi connectivity index (χ0) is 20.6. The summed E-state index contributed by atoms with van der Waals surface area (Å²) >= 11 is 0. The van der Waals surface area contributed by atoms with Crippen LogP contribution >= 0.6 is 24.0 Å². The molecular formula is C20H36IN7O2. The molecule has 2 fully saturated rings. The minimum Gasteiger partial charge on any atom is -0.357 e. The van der Waals surface area contributed by atoms with Gasteiger partial charge in [-0.3, -0.25) is 14.7 Å². The Labute approximate surface area is 196 Å². The molecule has 3 rings (SSSR count). The van der Waals surface area contributed by atoms with Crippen molar-refractivity contribution < 1.29 is 9.32 Å². The number of hydrogen-bond acceptors (Lipinski definition) is 6. The lowest BCUT2D eigenvalue weighted by molar-refractivity contribution is -0.131. The second kappa shape index (κ2) is 12.4. The predicted molar refractivity (Wildman–Crippen MR) is 127 cm³/mol. The highest BCUT2D eigenvalue weighted by molar-refractivity contribution is 14.0. The third-order valence-electron chi connectivity index (χ3n) is 5.41. The molecule has 0 atom stereocenters. The minimum absolute atomic E-state index is 0. The van der Waals surface area contributed by atoms with Crippen molar-refractivity contribution in [3.05, 3.63) is 11.7 Å². The first kappa shape index (κ1) is 24.8. The first-order valence-corrected chi connectivity index (χ1v) is 10.9.